The van der Waals surface area contributed by atoms with Crippen LogP contribution in [0.4, 0.5) is 0 Å². The van der Waals surface area contributed by atoms with Crippen molar-refractivity contribution in [2.45, 2.75) is 24.9 Å². The highest BCUT2D eigenvalue weighted by molar-refractivity contribution is 5.94. The number of hydrogen-bond donors (Lipinski definition) is 0. The second-order valence-electron chi connectivity index (χ2n) is 8.02. The number of nitrogens with zero attached hydrogens (tertiary/aromatic N) is 2. The van der Waals surface area contributed by atoms with Gasteiger partial charge < -0.3 is 19.3 Å². The van der Waals surface area contributed by atoms with Crippen molar-refractivity contribution >= 4 is 11.9 Å². The van der Waals surface area contributed by atoms with Gasteiger partial charge in [0.15, 0.2) is 0 Å². The van der Waals surface area contributed by atoms with Gasteiger partial charge in [-0.15, -0.1) is 0 Å². The lowest BCUT2D eigenvalue weighted by molar-refractivity contribution is -0.136. The minimum absolute atomic E-state index is 0.0186. The van der Waals surface area contributed by atoms with Crippen LogP contribution in [0.25, 0.3) is 0 Å². The highest BCUT2D eigenvalue weighted by atomic mass is 16.5. The van der Waals surface area contributed by atoms with Crippen molar-refractivity contribution in [3.8, 4) is 5.75 Å². The number of fused-ring (bicyclic) bond motifs is 1. The molecule has 2 unspecified atom stereocenters. The summed E-state index contributed by atoms with van der Waals surface area (Å²) in [6.07, 6.45) is 1.49. The van der Waals surface area contributed by atoms with Crippen molar-refractivity contribution in [3.63, 3.8) is 0 Å². The Balaban J connectivity index is 1.42. The minimum atomic E-state index is -0.306. The Kier molecular flexibility index (Phi) is 6.16. The number of amides is 1. The zero-order valence-electron chi connectivity index (χ0n) is 17.5. The Morgan fingerprint density at radius 1 is 0.900 bits per heavy atom. The van der Waals surface area contributed by atoms with Crippen LogP contribution in [0.15, 0.2) is 48.5 Å². The number of carbonyl (C=O) groups excluding carboxylic acids is 2. The molecule has 158 valence electrons. The zero-order valence-corrected chi connectivity index (χ0v) is 17.5. The van der Waals surface area contributed by atoms with Crippen molar-refractivity contribution in [2.75, 3.05) is 40.3 Å². The average molecular weight is 408 g/mol. The first kappa shape index (κ1) is 20.6. The van der Waals surface area contributed by atoms with Crippen LogP contribution < -0.4 is 4.74 Å². The van der Waals surface area contributed by atoms with Gasteiger partial charge in [-0.25, -0.2) is 0 Å². The van der Waals surface area contributed by atoms with E-state index in [4.69, 9.17) is 9.47 Å². The van der Waals surface area contributed by atoms with Gasteiger partial charge in [0.25, 0.3) is 5.91 Å². The fourth-order valence-corrected chi connectivity index (χ4v) is 4.29. The molecule has 2 atom stereocenters. The van der Waals surface area contributed by atoms with Gasteiger partial charge in [0.2, 0.25) is 0 Å². The Hall–Kier alpha value is -2.70. The van der Waals surface area contributed by atoms with E-state index >= 15 is 0 Å². The van der Waals surface area contributed by atoms with Gasteiger partial charge in [-0.05, 0) is 55.3 Å². The summed E-state index contributed by atoms with van der Waals surface area (Å²) in [4.78, 5) is 29.6. The number of carbonyl (C=O) groups is 2. The normalized spacial score (nSPS) is 21.7. The Labute approximate surface area is 177 Å². The summed E-state index contributed by atoms with van der Waals surface area (Å²) < 4.78 is 11.2. The molecule has 1 saturated heterocycles. The Bertz CT molecular complexity index is 904. The SMILES string of the molecule is COC1CCC(C(=O)Oc2ccc(C(=O)N3CCN(C)CC3)cc2)c2ccccc21. The predicted octanol–water partition coefficient (Wildman–Crippen LogP) is 3.24. The van der Waals surface area contributed by atoms with Crippen molar-refractivity contribution in [1.29, 1.82) is 0 Å². The van der Waals surface area contributed by atoms with E-state index in [1.165, 1.54) is 0 Å². The molecule has 6 nitrogen and oxygen atoms in total. The van der Waals surface area contributed by atoms with Crippen LogP contribution in [-0.4, -0.2) is 62.0 Å². The van der Waals surface area contributed by atoms with E-state index in [1.807, 2.05) is 29.2 Å². The molecular weight excluding hydrogens is 380 g/mol. The third-order valence-electron chi connectivity index (χ3n) is 6.12. The van der Waals surface area contributed by atoms with Gasteiger partial charge in [0.1, 0.15) is 5.75 Å². The van der Waals surface area contributed by atoms with Crippen molar-refractivity contribution in [1.82, 2.24) is 9.80 Å². The number of rotatable bonds is 4. The van der Waals surface area contributed by atoms with Crippen LogP contribution in [0.5, 0.6) is 5.75 Å². The predicted molar refractivity (Wildman–Crippen MR) is 114 cm³/mol. The summed E-state index contributed by atoms with van der Waals surface area (Å²) in [6.45, 7) is 3.23. The summed E-state index contributed by atoms with van der Waals surface area (Å²) in [7, 11) is 3.76. The molecular formula is C24H28N2O4. The molecule has 1 fully saturated rings. The molecule has 1 amide bonds. The molecule has 30 heavy (non-hydrogen) atoms. The monoisotopic (exact) mass is 408 g/mol. The second kappa shape index (κ2) is 8.98. The molecule has 0 bridgehead atoms. The fraction of sp³-hybridized carbons (Fsp3) is 0.417. The van der Waals surface area contributed by atoms with E-state index in [9.17, 15) is 9.59 Å². The summed E-state index contributed by atoms with van der Waals surface area (Å²) in [6, 6.07) is 14.8. The molecule has 0 radical (unpaired) electrons. The van der Waals surface area contributed by atoms with Crippen LogP contribution >= 0.6 is 0 Å². The molecule has 4 rings (SSSR count). The molecule has 2 aromatic rings. The maximum absolute atomic E-state index is 12.9. The summed E-state index contributed by atoms with van der Waals surface area (Å²) in [5.74, 6) is -0.0940. The van der Waals surface area contributed by atoms with Crippen LogP contribution in [-0.2, 0) is 9.53 Å². The van der Waals surface area contributed by atoms with E-state index in [0.717, 1.165) is 43.7 Å². The van der Waals surface area contributed by atoms with E-state index < -0.39 is 0 Å². The molecule has 1 aliphatic carbocycles. The van der Waals surface area contributed by atoms with Gasteiger partial charge in [-0.1, -0.05) is 24.3 Å². The first-order chi connectivity index (χ1) is 14.6. The molecule has 0 N–H and O–H groups in total. The number of methoxy groups -OCH3 is 1. The van der Waals surface area contributed by atoms with E-state index in [0.29, 0.717) is 17.7 Å². The third-order valence-corrected chi connectivity index (χ3v) is 6.12. The van der Waals surface area contributed by atoms with Crippen LogP contribution in [0.3, 0.4) is 0 Å². The van der Waals surface area contributed by atoms with Crippen LogP contribution in [0.2, 0.25) is 0 Å². The van der Waals surface area contributed by atoms with Gasteiger partial charge in [-0.3, -0.25) is 9.59 Å². The maximum atomic E-state index is 12.9. The smallest absolute Gasteiger partial charge is 0.318 e. The van der Waals surface area contributed by atoms with Gasteiger partial charge in [-0.2, -0.15) is 0 Å². The number of ether oxygens (including phenoxy) is 2. The average Bonchev–Trinajstić information content (AvgIpc) is 2.79. The molecule has 1 aliphatic heterocycles. The molecule has 6 heteroatoms. The third kappa shape index (κ3) is 4.25. The van der Waals surface area contributed by atoms with Gasteiger partial charge in [0, 0.05) is 38.9 Å². The number of likely N-dealkylation sites (N-methyl/N-ethyl adjacent to an activating group) is 1. The minimum Gasteiger partial charge on any atom is -0.426 e. The lowest BCUT2D eigenvalue weighted by Gasteiger charge is -2.32. The molecule has 0 saturated carbocycles. The number of esters is 1. The van der Waals surface area contributed by atoms with E-state index in [2.05, 4.69) is 11.9 Å². The van der Waals surface area contributed by atoms with E-state index in [-0.39, 0.29) is 23.9 Å². The van der Waals surface area contributed by atoms with E-state index in [1.54, 1.807) is 31.4 Å². The number of piperazine rings is 1. The second-order valence-corrected chi connectivity index (χ2v) is 8.02. The van der Waals surface area contributed by atoms with Crippen LogP contribution in [0, 0.1) is 0 Å². The molecule has 1 heterocycles. The standard InChI is InChI=1S/C24H28N2O4/c1-25-13-15-26(16-14-25)23(27)17-7-9-18(10-8-17)30-24(28)21-11-12-22(29-2)20-6-4-3-5-19(20)21/h3-10,21-22H,11-16H2,1-2H3. The highest BCUT2D eigenvalue weighted by Crippen LogP contribution is 2.39. The lowest BCUT2D eigenvalue weighted by Crippen LogP contribution is -2.47. The molecule has 0 aromatic heterocycles. The summed E-state index contributed by atoms with van der Waals surface area (Å²) >= 11 is 0. The molecule has 2 aliphatic rings. The van der Waals surface area contributed by atoms with Crippen molar-refractivity contribution < 1.29 is 19.1 Å². The van der Waals surface area contributed by atoms with Crippen molar-refractivity contribution in [2.24, 2.45) is 0 Å². The lowest BCUT2D eigenvalue weighted by atomic mass is 9.81. The molecule has 2 aromatic carbocycles. The first-order valence-electron chi connectivity index (χ1n) is 10.5. The number of hydrogen-bond acceptors (Lipinski definition) is 5. The Morgan fingerprint density at radius 2 is 1.57 bits per heavy atom. The van der Waals surface area contributed by atoms with Crippen LogP contribution in [0.1, 0.15) is 46.3 Å². The quantitative estimate of drug-likeness (QED) is 0.574. The van der Waals surface area contributed by atoms with Crippen molar-refractivity contribution in [3.05, 3.63) is 65.2 Å². The van der Waals surface area contributed by atoms with Gasteiger partial charge >= 0.3 is 5.97 Å². The number of benzene rings is 2. The summed E-state index contributed by atoms with van der Waals surface area (Å²) in [5, 5.41) is 0. The highest BCUT2D eigenvalue weighted by Gasteiger charge is 2.32. The largest absolute Gasteiger partial charge is 0.426 e. The Morgan fingerprint density at radius 3 is 2.23 bits per heavy atom. The first-order valence-corrected chi connectivity index (χ1v) is 10.5. The zero-order chi connectivity index (χ0) is 21.1. The molecule has 0 spiro atoms. The van der Waals surface area contributed by atoms with Gasteiger partial charge in [0.05, 0.1) is 12.0 Å². The maximum Gasteiger partial charge on any atom is 0.318 e. The summed E-state index contributed by atoms with van der Waals surface area (Å²) in [5.41, 5.74) is 2.65. The fourth-order valence-electron chi connectivity index (χ4n) is 4.29. The topological polar surface area (TPSA) is 59.1 Å².